The zero-order valence-corrected chi connectivity index (χ0v) is 18.0. The lowest BCUT2D eigenvalue weighted by atomic mass is 10.1. The summed E-state index contributed by atoms with van der Waals surface area (Å²) in [7, 11) is -2.19. The number of carbonyl (C=O) groups excluding carboxylic acids is 1. The topological polar surface area (TPSA) is 84.5 Å². The average molecular weight is 475 g/mol. The van der Waals surface area contributed by atoms with Crippen molar-refractivity contribution in [3.63, 3.8) is 0 Å². The maximum atomic E-state index is 12.7. The highest BCUT2D eigenvalue weighted by Gasteiger charge is 2.14. The number of halogens is 1. The van der Waals surface area contributed by atoms with Crippen LogP contribution in [0, 0.1) is 0 Å². The van der Waals surface area contributed by atoms with Crippen LogP contribution in [0.5, 0.6) is 11.5 Å². The molecule has 0 aliphatic heterocycles. The Kier molecular flexibility index (Phi) is 6.68. The van der Waals surface area contributed by atoms with Crippen LogP contribution in [0.4, 0.5) is 0 Å². The molecule has 2 N–H and O–H groups in total. The van der Waals surface area contributed by atoms with Gasteiger partial charge in [0, 0.05) is 11.0 Å². The van der Waals surface area contributed by atoms with Crippen LogP contribution in [0.1, 0.15) is 15.9 Å². The van der Waals surface area contributed by atoms with Crippen LogP contribution in [0.25, 0.3) is 0 Å². The molecule has 0 saturated heterocycles. The quantitative estimate of drug-likeness (QED) is 0.540. The summed E-state index contributed by atoms with van der Waals surface area (Å²) in [6, 6.07) is 20.7. The van der Waals surface area contributed by atoms with E-state index >= 15 is 0 Å². The van der Waals surface area contributed by atoms with Gasteiger partial charge in [-0.05, 0) is 55.1 Å². The lowest BCUT2D eigenvalue weighted by Crippen LogP contribution is -2.24. The molecule has 3 aromatic carbocycles. The van der Waals surface area contributed by atoms with Crippen molar-refractivity contribution in [3.05, 3.63) is 88.4 Å². The fraction of sp³-hybridized carbons (Fsp3) is 0.0952. The summed E-state index contributed by atoms with van der Waals surface area (Å²) in [5.41, 5.74) is 1.05. The van der Waals surface area contributed by atoms with Crippen molar-refractivity contribution >= 4 is 31.9 Å². The van der Waals surface area contributed by atoms with Crippen molar-refractivity contribution in [1.82, 2.24) is 10.0 Å². The molecule has 8 heteroatoms. The first kappa shape index (κ1) is 21.0. The summed E-state index contributed by atoms with van der Waals surface area (Å²) in [5, 5.41) is 2.81. The van der Waals surface area contributed by atoms with Crippen molar-refractivity contribution in [3.8, 4) is 11.5 Å². The molecule has 29 heavy (non-hydrogen) atoms. The molecule has 0 bridgehead atoms. The number of sulfonamides is 1. The third-order valence-corrected chi connectivity index (χ3v) is 5.99. The van der Waals surface area contributed by atoms with E-state index in [4.69, 9.17) is 4.74 Å². The van der Waals surface area contributed by atoms with Gasteiger partial charge in [-0.1, -0.05) is 46.3 Å². The van der Waals surface area contributed by atoms with E-state index in [2.05, 4.69) is 26.0 Å². The average Bonchev–Trinajstić information content (AvgIpc) is 2.72. The number of rotatable bonds is 7. The molecule has 1 amide bonds. The molecule has 0 saturated carbocycles. The van der Waals surface area contributed by atoms with E-state index in [-0.39, 0.29) is 17.3 Å². The highest BCUT2D eigenvalue weighted by Crippen LogP contribution is 2.27. The summed E-state index contributed by atoms with van der Waals surface area (Å²) >= 11 is 3.39. The van der Waals surface area contributed by atoms with E-state index in [1.807, 2.05) is 18.2 Å². The van der Waals surface area contributed by atoms with Crippen molar-refractivity contribution in [2.75, 3.05) is 7.05 Å². The van der Waals surface area contributed by atoms with E-state index < -0.39 is 10.0 Å². The third-order valence-electron chi connectivity index (χ3n) is 4.09. The highest BCUT2D eigenvalue weighted by molar-refractivity contribution is 9.10. The molecular weight excluding hydrogens is 456 g/mol. The number of nitrogens with one attached hydrogen (secondary N) is 2. The van der Waals surface area contributed by atoms with Crippen LogP contribution >= 0.6 is 15.9 Å². The molecule has 0 fully saturated rings. The maximum Gasteiger partial charge on any atom is 0.255 e. The minimum absolute atomic E-state index is 0.144. The molecule has 0 spiro atoms. The third kappa shape index (κ3) is 5.44. The van der Waals surface area contributed by atoms with E-state index in [9.17, 15) is 13.2 Å². The van der Waals surface area contributed by atoms with Crippen LogP contribution in [-0.4, -0.2) is 21.4 Å². The first-order valence-electron chi connectivity index (χ1n) is 8.72. The van der Waals surface area contributed by atoms with Gasteiger partial charge in [0.15, 0.2) is 0 Å². The van der Waals surface area contributed by atoms with Gasteiger partial charge in [0.1, 0.15) is 11.5 Å². The molecule has 0 unspecified atom stereocenters. The van der Waals surface area contributed by atoms with Gasteiger partial charge in [0.2, 0.25) is 10.0 Å². The summed E-state index contributed by atoms with van der Waals surface area (Å²) in [4.78, 5) is 12.8. The van der Waals surface area contributed by atoms with Crippen LogP contribution in [0.15, 0.2) is 82.2 Å². The van der Waals surface area contributed by atoms with E-state index in [1.165, 1.54) is 19.2 Å². The predicted molar refractivity (Wildman–Crippen MR) is 115 cm³/mol. The summed E-state index contributed by atoms with van der Waals surface area (Å²) in [6.45, 7) is 0.178. The Morgan fingerprint density at radius 2 is 1.76 bits per heavy atom. The van der Waals surface area contributed by atoms with E-state index in [1.54, 1.807) is 42.5 Å². The fourth-order valence-corrected chi connectivity index (χ4v) is 3.80. The van der Waals surface area contributed by atoms with Crippen molar-refractivity contribution in [1.29, 1.82) is 0 Å². The molecule has 0 aliphatic carbocycles. The first-order valence-corrected chi connectivity index (χ1v) is 11.0. The number of benzene rings is 3. The van der Waals surface area contributed by atoms with Crippen molar-refractivity contribution in [2.45, 2.75) is 11.4 Å². The molecular formula is C21H19BrN2O4S. The second kappa shape index (κ2) is 9.21. The van der Waals surface area contributed by atoms with Crippen molar-refractivity contribution < 1.29 is 17.9 Å². The van der Waals surface area contributed by atoms with Gasteiger partial charge in [0.05, 0.1) is 10.5 Å². The zero-order chi connectivity index (χ0) is 20.9. The number of para-hydroxylation sites is 1. The second-order valence-corrected chi connectivity index (χ2v) is 8.90. The molecule has 6 nitrogen and oxygen atoms in total. The molecule has 0 heterocycles. The minimum Gasteiger partial charge on any atom is -0.456 e. The predicted octanol–water partition coefficient (Wildman–Crippen LogP) is 4.08. The minimum atomic E-state index is -3.54. The van der Waals surface area contributed by atoms with Gasteiger partial charge in [0.25, 0.3) is 5.91 Å². The summed E-state index contributed by atoms with van der Waals surface area (Å²) in [5.74, 6) is 0.705. The SMILES string of the molecule is CNS(=O)(=O)c1cccc(CNC(=O)c2ccccc2Oc2cccc(Br)c2)c1. The Balaban J connectivity index is 1.74. The Hall–Kier alpha value is -2.68. The van der Waals surface area contributed by atoms with E-state index in [0.29, 0.717) is 22.6 Å². The maximum absolute atomic E-state index is 12.7. The normalized spacial score (nSPS) is 11.1. The van der Waals surface area contributed by atoms with Crippen LogP contribution < -0.4 is 14.8 Å². The van der Waals surface area contributed by atoms with Crippen LogP contribution in [0.3, 0.4) is 0 Å². The molecule has 0 aromatic heterocycles. The first-order chi connectivity index (χ1) is 13.9. The summed E-state index contributed by atoms with van der Waals surface area (Å²) in [6.07, 6.45) is 0. The Morgan fingerprint density at radius 3 is 2.52 bits per heavy atom. The number of hydrogen-bond acceptors (Lipinski definition) is 4. The smallest absolute Gasteiger partial charge is 0.255 e. The van der Waals surface area contributed by atoms with Gasteiger partial charge in [-0.2, -0.15) is 0 Å². The van der Waals surface area contributed by atoms with Gasteiger partial charge in [-0.25, -0.2) is 13.1 Å². The Labute approximate surface area is 178 Å². The van der Waals surface area contributed by atoms with Crippen LogP contribution in [0.2, 0.25) is 0 Å². The van der Waals surface area contributed by atoms with Gasteiger partial charge < -0.3 is 10.1 Å². The Bertz CT molecular complexity index is 1130. The standard InChI is InChI=1S/C21H19BrN2O4S/c1-23-29(26,27)18-9-4-6-15(12-18)14-24-21(25)19-10-2-3-11-20(19)28-17-8-5-7-16(22)13-17/h2-13,23H,14H2,1H3,(H,24,25). The summed E-state index contributed by atoms with van der Waals surface area (Å²) < 4.78 is 32.9. The fourth-order valence-electron chi connectivity index (χ4n) is 2.62. The van der Waals surface area contributed by atoms with Crippen LogP contribution in [-0.2, 0) is 16.6 Å². The number of carbonyl (C=O) groups is 1. The largest absolute Gasteiger partial charge is 0.456 e. The molecule has 3 rings (SSSR count). The molecule has 0 atom stereocenters. The lowest BCUT2D eigenvalue weighted by molar-refractivity contribution is 0.0948. The lowest BCUT2D eigenvalue weighted by Gasteiger charge is -2.12. The van der Waals surface area contributed by atoms with Gasteiger partial charge in [-0.3, -0.25) is 4.79 Å². The van der Waals surface area contributed by atoms with Crippen molar-refractivity contribution in [2.24, 2.45) is 0 Å². The number of hydrogen-bond donors (Lipinski definition) is 2. The molecule has 150 valence electrons. The zero-order valence-electron chi connectivity index (χ0n) is 15.6. The monoisotopic (exact) mass is 474 g/mol. The molecule has 3 aromatic rings. The van der Waals surface area contributed by atoms with Gasteiger partial charge >= 0.3 is 0 Å². The second-order valence-electron chi connectivity index (χ2n) is 6.09. The number of ether oxygens (including phenoxy) is 1. The van der Waals surface area contributed by atoms with Gasteiger partial charge in [-0.15, -0.1) is 0 Å². The highest BCUT2D eigenvalue weighted by atomic mass is 79.9. The Morgan fingerprint density at radius 1 is 1.00 bits per heavy atom. The molecule has 0 radical (unpaired) electrons. The number of amides is 1. The van der Waals surface area contributed by atoms with E-state index in [0.717, 1.165) is 4.47 Å². The molecule has 0 aliphatic rings.